The molecule has 0 aromatic carbocycles. The third kappa shape index (κ3) is 9.37. The Kier molecular flexibility index (Phi) is 10.4. The number of hydrogen-bond donors (Lipinski definition) is 1. The molecule has 0 heterocycles. The molecule has 0 amide bonds. The van der Waals surface area contributed by atoms with E-state index in [1.165, 1.54) is 13.1 Å². The predicted octanol–water partition coefficient (Wildman–Crippen LogP) is 5.24. The lowest BCUT2D eigenvalue weighted by Gasteiger charge is -2.45. The van der Waals surface area contributed by atoms with Gasteiger partial charge in [0.05, 0.1) is 6.61 Å². The highest BCUT2D eigenvalue weighted by molar-refractivity contribution is 6.88. The van der Waals surface area contributed by atoms with Crippen LogP contribution in [0.2, 0.25) is 51.4 Å². The quantitative estimate of drug-likeness (QED) is 0.161. The third-order valence-corrected chi connectivity index (χ3v) is 15.0. The van der Waals surface area contributed by atoms with Crippen LogP contribution in [0.3, 0.4) is 0 Å². The summed E-state index contributed by atoms with van der Waals surface area (Å²) >= 11 is 0. The lowest BCUT2D eigenvalue weighted by molar-refractivity contribution is -0.271. The molecular formula is C17H30F6O6Si3. The molecule has 0 aromatic heterocycles. The number of carbonyl (C=O) groups is 2. The minimum absolute atomic E-state index is 0.428. The maximum absolute atomic E-state index is 15.1. The maximum Gasteiger partial charge on any atom is 0.428 e. The van der Waals surface area contributed by atoms with Gasteiger partial charge in [-0.25, -0.2) is 22.8 Å². The fourth-order valence-corrected chi connectivity index (χ4v) is 17.7. The van der Waals surface area contributed by atoms with Crippen molar-refractivity contribution in [1.82, 2.24) is 0 Å². The zero-order valence-corrected chi connectivity index (χ0v) is 22.0. The minimum Gasteiger partial charge on any atom is -0.478 e. The molecule has 0 spiro atoms. The van der Waals surface area contributed by atoms with Crippen molar-refractivity contribution in [3.63, 3.8) is 0 Å². The monoisotopic (exact) mass is 528 g/mol. The van der Waals surface area contributed by atoms with Gasteiger partial charge in [-0.15, -0.1) is 0 Å². The zero-order chi connectivity index (χ0) is 25.8. The molecule has 6 nitrogen and oxygen atoms in total. The molecule has 32 heavy (non-hydrogen) atoms. The molecule has 188 valence electrons. The topological polar surface area (TPSA) is 82.1 Å². The molecule has 2 atom stereocenters. The fourth-order valence-electron chi connectivity index (χ4n) is 3.46. The summed E-state index contributed by atoms with van der Waals surface area (Å²) in [5, 5.41) is 8.46. The van der Waals surface area contributed by atoms with E-state index in [0.29, 0.717) is 12.2 Å². The van der Waals surface area contributed by atoms with Crippen LogP contribution >= 0.6 is 0 Å². The van der Waals surface area contributed by atoms with Crippen LogP contribution in [0.15, 0.2) is 12.2 Å². The number of ether oxygens (including phenoxy) is 1. The Labute approximate surface area is 186 Å². The lowest BCUT2D eigenvalue weighted by atomic mass is 9.98. The largest absolute Gasteiger partial charge is 0.478 e. The molecule has 15 heteroatoms. The van der Waals surface area contributed by atoms with E-state index >= 15 is 4.39 Å². The number of esters is 1. The Bertz CT molecular complexity index is 693. The van der Waals surface area contributed by atoms with E-state index in [1.54, 1.807) is 13.1 Å². The van der Waals surface area contributed by atoms with E-state index in [-0.39, 0.29) is 0 Å². The number of rotatable bonds is 12. The number of carboxylic acids is 1. The number of carbonyl (C=O) groups excluding carboxylic acids is 1. The van der Waals surface area contributed by atoms with Gasteiger partial charge in [0.25, 0.3) is 12.1 Å². The number of aliphatic carboxylic acids is 1. The highest BCUT2D eigenvalue weighted by Gasteiger charge is 2.70. The van der Waals surface area contributed by atoms with Crippen LogP contribution in [0.1, 0.15) is 6.42 Å². The molecular weight excluding hydrogens is 498 g/mol. The smallest absolute Gasteiger partial charge is 0.428 e. The summed E-state index contributed by atoms with van der Waals surface area (Å²) in [5.74, 6) is -2.70. The van der Waals surface area contributed by atoms with Crippen molar-refractivity contribution in [1.29, 1.82) is 0 Å². The van der Waals surface area contributed by atoms with Gasteiger partial charge < -0.3 is 18.1 Å². The molecule has 0 fully saturated rings. The number of carboxylic acid groups (broad SMARTS) is 1. The van der Waals surface area contributed by atoms with Crippen molar-refractivity contribution in [3.05, 3.63) is 12.2 Å². The van der Waals surface area contributed by atoms with Crippen molar-refractivity contribution in [3.8, 4) is 0 Å². The van der Waals surface area contributed by atoms with Crippen LogP contribution in [-0.4, -0.2) is 67.1 Å². The van der Waals surface area contributed by atoms with Crippen molar-refractivity contribution in [2.24, 2.45) is 0 Å². The van der Waals surface area contributed by atoms with E-state index in [9.17, 15) is 31.5 Å². The fraction of sp³-hybridized carbons (Fsp3) is 0.765. The molecule has 0 radical (unpaired) electrons. The van der Waals surface area contributed by atoms with E-state index < -0.39 is 74.0 Å². The lowest BCUT2D eigenvalue weighted by Crippen LogP contribution is -2.62. The second kappa shape index (κ2) is 10.8. The van der Waals surface area contributed by atoms with E-state index in [1.807, 2.05) is 19.6 Å². The first-order valence-electron chi connectivity index (χ1n) is 9.57. The highest BCUT2D eigenvalue weighted by atomic mass is 28.5. The van der Waals surface area contributed by atoms with Gasteiger partial charge in [-0.2, -0.15) is 13.2 Å². The van der Waals surface area contributed by atoms with Crippen molar-refractivity contribution in [2.75, 3.05) is 6.61 Å². The Morgan fingerprint density at radius 1 is 0.938 bits per heavy atom. The van der Waals surface area contributed by atoms with Gasteiger partial charge in [0, 0.05) is 17.7 Å². The van der Waals surface area contributed by atoms with Crippen LogP contribution in [-0.2, 0) is 22.6 Å². The van der Waals surface area contributed by atoms with Gasteiger partial charge in [-0.3, -0.25) is 0 Å². The maximum atomic E-state index is 15.1. The number of hydrogen-bond acceptors (Lipinski definition) is 5. The van der Waals surface area contributed by atoms with Gasteiger partial charge in [0.15, 0.2) is 16.6 Å². The molecule has 2 unspecified atom stereocenters. The first-order valence-corrected chi connectivity index (χ1v) is 18.8. The van der Waals surface area contributed by atoms with Gasteiger partial charge >= 0.3 is 26.7 Å². The van der Waals surface area contributed by atoms with Gasteiger partial charge in [0.1, 0.15) is 0 Å². The summed E-state index contributed by atoms with van der Waals surface area (Å²) in [5.41, 5.74) is -7.25. The van der Waals surface area contributed by atoms with Crippen LogP contribution < -0.4 is 0 Å². The molecule has 0 saturated heterocycles. The SMILES string of the molecule is C[Si](C)(C)O[Si](C)(C)O[Si](C)(C)C(CCOC(=O)C=CC(=O)O)C(F)(C(F)F)C(F)(F)F. The summed E-state index contributed by atoms with van der Waals surface area (Å²) in [4.78, 5) is 21.9. The Hall–Kier alpha value is -1.17. The highest BCUT2D eigenvalue weighted by Crippen LogP contribution is 2.53. The van der Waals surface area contributed by atoms with Gasteiger partial charge in [-0.05, 0) is 52.2 Å². The van der Waals surface area contributed by atoms with Crippen LogP contribution in [0.25, 0.3) is 0 Å². The van der Waals surface area contributed by atoms with Gasteiger partial charge in [-0.1, -0.05) is 0 Å². The van der Waals surface area contributed by atoms with E-state index in [0.717, 1.165) is 0 Å². The summed E-state index contributed by atoms with van der Waals surface area (Å²) in [6.45, 7) is 10.1. The summed E-state index contributed by atoms with van der Waals surface area (Å²) in [6.07, 6.45) is -10.3. The van der Waals surface area contributed by atoms with Crippen LogP contribution in [0.5, 0.6) is 0 Å². The first kappa shape index (κ1) is 30.8. The molecule has 0 aliphatic heterocycles. The van der Waals surface area contributed by atoms with Gasteiger partial charge in [0.2, 0.25) is 0 Å². The molecule has 0 rings (SSSR count). The zero-order valence-electron chi connectivity index (χ0n) is 19.0. The van der Waals surface area contributed by atoms with E-state index in [2.05, 4.69) is 4.74 Å². The van der Waals surface area contributed by atoms with Crippen molar-refractivity contribution >= 4 is 37.1 Å². The second-order valence-electron chi connectivity index (χ2n) is 9.07. The average molecular weight is 529 g/mol. The minimum atomic E-state index is -5.92. The summed E-state index contributed by atoms with van der Waals surface area (Å²) < 4.78 is 99.2. The molecule has 0 aromatic rings. The summed E-state index contributed by atoms with van der Waals surface area (Å²) in [7, 11) is -9.26. The van der Waals surface area contributed by atoms with E-state index in [4.69, 9.17) is 13.3 Å². The van der Waals surface area contributed by atoms with Crippen LogP contribution in [0, 0.1) is 0 Å². The number of halogens is 6. The molecule has 0 aliphatic rings. The third-order valence-electron chi connectivity index (χ3n) is 4.17. The standard InChI is InChI=1S/C17H30F6O6Si3/c1-30(2,3)28-32(6,7)29-31(4,5)12(16(20,15(18)19)17(21,22)23)10-11-27-14(26)9-8-13(24)25/h8-9,12,15H,10-11H2,1-7H3,(H,24,25). The predicted molar refractivity (Wildman–Crippen MR) is 112 cm³/mol. The average Bonchev–Trinajstić information content (AvgIpc) is 2.51. The Morgan fingerprint density at radius 2 is 1.44 bits per heavy atom. The summed E-state index contributed by atoms with van der Waals surface area (Å²) in [6, 6.07) is 0. The normalized spacial score (nSPS) is 16.8. The molecule has 0 bridgehead atoms. The second-order valence-corrected chi connectivity index (χ2v) is 21.6. The Balaban J connectivity index is 6.00. The first-order chi connectivity index (χ1) is 14.0. The van der Waals surface area contributed by atoms with Crippen molar-refractivity contribution in [2.45, 2.75) is 76.1 Å². The van der Waals surface area contributed by atoms with Crippen molar-refractivity contribution < 1.29 is 54.0 Å². The molecule has 0 saturated carbocycles. The van der Waals surface area contributed by atoms with Crippen LogP contribution in [0.4, 0.5) is 26.3 Å². The Morgan fingerprint density at radius 3 is 1.81 bits per heavy atom. The molecule has 1 N–H and O–H groups in total. The number of alkyl halides is 6. The molecule has 0 aliphatic carbocycles.